The van der Waals surface area contributed by atoms with E-state index < -0.39 is 0 Å². The van der Waals surface area contributed by atoms with Crippen molar-refractivity contribution in [3.63, 3.8) is 0 Å². The topological polar surface area (TPSA) is 46.2 Å². The summed E-state index contributed by atoms with van der Waals surface area (Å²) in [5.41, 5.74) is 5.66. The molecule has 0 rings (SSSR count). The number of aliphatic hydroxyl groups is 1. The predicted octanol–water partition coefficient (Wildman–Crippen LogP) is 1.70. The summed E-state index contributed by atoms with van der Waals surface area (Å²) in [6.45, 7) is 2.41. The van der Waals surface area contributed by atoms with Gasteiger partial charge in [-0.3, -0.25) is 0 Å². The van der Waals surface area contributed by atoms with Crippen LogP contribution in [0.2, 0.25) is 0 Å². The Morgan fingerprint density at radius 1 is 1.27 bits per heavy atom. The van der Waals surface area contributed by atoms with E-state index in [1.165, 1.54) is 19.3 Å². The summed E-state index contributed by atoms with van der Waals surface area (Å²) in [5, 5.41) is 8.51. The first-order chi connectivity index (χ1) is 4.81. The molecule has 0 fully saturated rings. The van der Waals surface area contributed by atoms with Crippen molar-refractivity contribution < 1.29 is 5.11 Å². The zero-order valence-corrected chi connectivity index (χ0v) is 8.07. The lowest BCUT2D eigenvalue weighted by molar-refractivity contribution is 0.272. The van der Waals surface area contributed by atoms with Gasteiger partial charge in [-0.2, -0.15) is 0 Å². The smallest absolute Gasteiger partial charge is 0.0445 e. The van der Waals surface area contributed by atoms with Crippen LogP contribution < -0.4 is 5.73 Å². The van der Waals surface area contributed by atoms with Gasteiger partial charge < -0.3 is 10.8 Å². The molecular formula is C8H20ClNO. The summed E-state index contributed by atoms with van der Waals surface area (Å²) < 4.78 is 0. The highest BCUT2D eigenvalue weighted by molar-refractivity contribution is 5.85. The maximum absolute atomic E-state index is 8.51. The van der Waals surface area contributed by atoms with Crippen molar-refractivity contribution in [1.82, 2.24) is 0 Å². The molecule has 0 bridgehead atoms. The molecule has 0 aromatic rings. The monoisotopic (exact) mass is 181 g/mol. The normalized spacial score (nSPS) is 12.3. The minimum Gasteiger partial charge on any atom is -0.396 e. The average molecular weight is 182 g/mol. The molecule has 0 heterocycles. The van der Waals surface area contributed by atoms with Gasteiger partial charge in [-0.1, -0.05) is 26.2 Å². The molecule has 70 valence electrons. The summed E-state index contributed by atoms with van der Waals surface area (Å²) in [4.78, 5) is 0. The molecule has 0 aromatic carbocycles. The number of nitrogens with two attached hydrogens (primary N) is 1. The molecule has 3 N–H and O–H groups in total. The first-order valence-electron chi connectivity index (χ1n) is 4.17. The Kier molecular flexibility index (Phi) is 12.8. The zero-order chi connectivity index (χ0) is 7.82. The molecule has 3 heteroatoms. The molecule has 1 unspecified atom stereocenters. The van der Waals surface area contributed by atoms with Crippen LogP contribution in [0.1, 0.15) is 39.0 Å². The highest BCUT2D eigenvalue weighted by atomic mass is 35.5. The Labute approximate surface area is 75.6 Å². The van der Waals surface area contributed by atoms with Gasteiger partial charge in [-0.15, -0.1) is 12.4 Å². The number of rotatable bonds is 6. The van der Waals surface area contributed by atoms with Crippen molar-refractivity contribution >= 4 is 12.4 Å². The van der Waals surface area contributed by atoms with Crippen molar-refractivity contribution in [2.24, 2.45) is 5.73 Å². The van der Waals surface area contributed by atoms with Crippen LogP contribution in [0.15, 0.2) is 0 Å². The van der Waals surface area contributed by atoms with Gasteiger partial charge in [0.1, 0.15) is 0 Å². The molecule has 0 saturated carbocycles. The molecule has 0 amide bonds. The van der Waals surface area contributed by atoms with Gasteiger partial charge in [-0.05, 0) is 12.8 Å². The van der Waals surface area contributed by atoms with E-state index >= 15 is 0 Å². The molecule has 0 radical (unpaired) electrons. The molecule has 0 aliphatic rings. The van der Waals surface area contributed by atoms with Crippen LogP contribution in [0.4, 0.5) is 0 Å². The fourth-order valence-electron chi connectivity index (χ4n) is 0.967. The standard InChI is InChI=1S/C8H19NO.ClH/c1-2-3-4-5-8(9)6-7-10;/h8,10H,2-7,9H2,1H3;1H. The molecular weight excluding hydrogens is 162 g/mol. The summed E-state index contributed by atoms with van der Waals surface area (Å²) in [6.07, 6.45) is 5.53. The quantitative estimate of drug-likeness (QED) is 0.613. The van der Waals surface area contributed by atoms with Gasteiger partial charge in [0.15, 0.2) is 0 Å². The fraction of sp³-hybridized carbons (Fsp3) is 1.00. The van der Waals surface area contributed by atoms with Crippen molar-refractivity contribution in [2.75, 3.05) is 6.61 Å². The van der Waals surface area contributed by atoms with Crippen LogP contribution in [0, 0.1) is 0 Å². The Balaban J connectivity index is 0. The zero-order valence-electron chi connectivity index (χ0n) is 7.25. The molecule has 11 heavy (non-hydrogen) atoms. The molecule has 0 aliphatic heterocycles. The number of unbranched alkanes of at least 4 members (excludes halogenated alkanes) is 2. The van der Waals surface area contributed by atoms with Gasteiger partial charge in [0.05, 0.1) is 0 Å². The van der Waals surface area contributed by atoms with Crippen LogP contribution in [-0.4, -0.2) is 17.8 Å². The highest BCUT2D eigenvalue weighted by Gasteiger charge is 1.99. The maximum atomic E-state index is 8.51. The lowest BCUT2D eigenvalue weighted by Crippen LogP contribution is -2.20. The Hall–Kier alpha value is 0.210. The summed E-state index contributed by atoms with van der Waals surface area (Å²) in [6, 6.07) is 0.219. The number of aliphatic hydroxyl groups excluding tert-OH is 1. The predicted molar refractivity (Wildman–Crippen MR) is 51.1 cm³/mol. The van der Waals surface area contributed by atoms with E-state index in [0.29, 0.717) is 0 Å². The summed E-state index contributed by atoms with van der Waals surface area (Å²) in [7, 11) is 0. The minimum absolute atomic E-state index is 0. The number of hydrogen-bond donors (Lipinski definition) is 2. The molecule has 2 nitrogen and oxygen atoms in total. The molecule has 0 saturated heterocycles. The Bertz CT molecular complexity index is 71.1. The van der Waals surface area contributed by atoms with E-state index in [9.17, 15) is 0 Å². The molecule has 0 spiro atoms. The van der Waals surface area contributed by atoms with Gasteiger partial charge in [0, 0.05) is 12.6 Å². The van der Waals surface area contributed by atoms with E-state index in [-0.39, 0.29) is 25.1 Å². The van der Waals surface area contributed by atoms with Gasteiger partial charge >= 0.3 is 0 Å². The maximum Gasteiger partial charge on any atom is 0.0445 e. The van der Waals surface area contributed by atoms with E-state index in [1.807, 2.05) is 0 Å². The van der Waals surface area contributed by atoms with Gasteiger partial charge in [0.2, 0.25) is 0 Å². The second-order valence-electron chi connectivity index (χ2n) is 2.77. The summed E-state index contributed by atoms with van der Waals surface area (Å²) in [5.74, 6) is 0. The first kappa shape index (κ1) is 13.8. The van der Waals surface area contributed by atoms with E-state index in [4.69, 9.17) is 10.8 Å². The minimum atomic E-state index is 0. The molecule has 0 aliphatic carbocycles. The second-order valence-corrected chi connectivity index (χ2v) is 2.77. The average Bonchev–Trinajstić information content (AvgIpc) is 1.89. The van der Waals surface area contributed by atoms with Crippen LogP contribution in [0.5, 0.6) is 0 Å². The largest absolute Gasteiger partial charge is 0.396 e. The Morgan fingerprint density at radius 3 is 2.36 bits per heavy atom. The van der Waals surface area contributed by atoms with Crippen LogP contribution >= 0.6 is 12.4 Å². The summed E-state index contributed by atoms with van der Waals surface area (Å²) >= 11 is 0. The van der Waals surface area contributed by atoms with E-state index in [1.54, 1.807) is 0 Å². The SMILES string of the molecule is CCCCCC(N)CCO.Cl. The van der Waals surface area contributed by atoms with Crippen LogP contribution in [0.25, 0.3) is 0 Å². The third kappa shape index (κ3) is 10.2. The van der Waals surface area contributed by atoms with E-state index in [2.05, 4.69) is 6.92 Å². The van der Waals surface area contributed by atoms with Crippen molar-refractivity contribution in [1.29, 1.82) is 0 Å². The number of halogens is 1. The van der Waals surface area contributed by atoms with E-state index in [0.717, 1.165) is 12.8 Å². The lowest BCUT2D eigenvalue weighted by Gasteiger charge is -2.07. The van der Waals surface area contributed by atoms with Crippen LogP contribution in [0.3, 0.4) is 0 Å². The third-order valence-corrected chi connectivity index (χ3v) is 1.68. The van der Waals surface area contributed by atoms with Crippen molar-refractivity contribution in [3.05, 3.63) is 0 Å². The first-order valence-corrected chi connectivity index (χ1v) is 4.17. The van der Waals surface area contributed by atoms with Gasteiger partial charge in [0.25, 0.3) is 0 Å². The van der Waals surface area contributed by atoms with Gasteiger partial charge in [-0.25, -0.2) is 0 Å². The molecule has 1 atom stereocenters. The third-order valence-electron chi connectivity index (χ3n) is 1.68. The van der Waals surface area contributed by atoms with Crippen molar-refractivity contribution in [3.8, 4) is 0 Å². The van der Waals surface area contributed by atoms with Crippen molar-refractivity contribution in [2.45, 2.75) is 45.1 Å². The lowest BCUT2D eigenvalue weighted by atomic mass is 10.1. The highest BCUT2D eigenvalue weighted by Crippen LogP contribution is 2.03. The second kappa shape index (κ2) is 10.2. The molecule has 0 aromatic heterocycles. The fourth-order valence-corrected chi connectivity index (χ4v) is 0.967. The number of hydrogen-bond acceptors (Lipinski definition) is 2. The van der Waals surface area contributed by atoms with Crippen LogP contribution in [-0.2, 0) is 0 Å². The Morgan fingerprint density at radius 2 is 1.91 bits per heavy atom.